The molecular formula is C17H19ClNO5PS. The van der Waals surface area contributed by atoms with E-state index in [-0.39, 0.29) is 10.2 Å². The zero-order valence-corrected chi connectivity index (χ0v) is 16.9. The summed E-state index contributed by atoms with van der Waals surface area (Å²) in [5, 5.41) is 0.549. The molecule has 0 saturated carbocycles. The summed E-state index contributed by atoms with van der Waals surface area (Å²) in [4.78, 5) is 0.0828. The molecule has 0 heterocycles. The van der Waals surface area contributed by atoms with Crippen LogP contribution in [0.4, 0.5) is 0 Å². The lowest BCUT2D eigenvalue weighted by molar-refractivity contribution is 0.288. The number of sulfonamides is 1. The normalized spacial score (nSPS) is 12.8. The van der Waals surface area contributed by atoms with Gasteiger partial charge in [0.2, 0.25) is 0 Å². The molecule has 6 nitrogen and oxygen atoms in total. The first-order chi connectivity index (χ1) is 12.2. The number of rotatable bonds is 7. The van der Waals surface area contributed by atoms with Crippen molar-refractivity contribution in [2.75, 3.05) is 14.2 Å². The highest BCUT2D eigenvalue weighted by Gasteiger charge is 2.29. The van der Waals surface area contributed by atoms with Gasteiger partial charge in [-0.15, -0.1) is 0 Å². The van der Waals surface area contributed by atoms with Gasteiger partial charge in [-0.3, -0.25) is 9.29 Å². The molecule has 0 fully saturated rings. The topological polar surface area (TPSA) is 81.7 Å². The molecule has 2 aromatic rings. The number of aryl methyl sites for hydroxylation is 1. The van der Waals surface area contributed by atoms with Gasteiger partial charge in [0, 0.05) is 25.4 Å². The summed E-state index contributed by atoms with van der Waals surface area (Å²) < 4.78 is 50.2. The Labute approximate surface area is 158 Å². The van der Waals surface area contributed by atoms with Gasteiger partial charge in [-0.25, -0.2) is 8.42 Å². The predicted octanol–water partition coefficient (Wildman–Crippen LogP) is 4.41. The number of halogens is 1. The molecular weight excluding hydrogens is 397 g/mol. The SMILES string of the molecule is COP(=O)(OC)/C(=C\NS(=O)(=O)c1ccc(C)cc1)c1ccc(Cl)cc1. The lowest BCUT2D eigenvalue weighted by Gasteiger charge is -2.18. The van der Waals surface area contributed by atoms with Crippen molar-refractivity contribution in [2.45, 2.75) is 11.8 Å². The van der Waals surface area contributed by atoms with Crippen LogP contribution in [0.2, 0.25) is 5.02 Å². The van der Waals surface area contributed by atoms with E-state index in [9.17, 15) is 13.0 Å². The van der Waals surface area contributed by atoms with E-state index in [1.54, 1.807) is 36.4 Å². The zero-order chi connectivity index (χ0) is 19.4. The van der Waals surface area contributed by atoms with Gasteiger partial charge in [0.1, 0.15) is 0 Å². The second-order valence-corrected chi connectivity index (χ2v) is 9.69. The van der Waals surface area contributed by atoms with E-state index >= 15 is 0 Å². The summed E-state index contributed by atoms with van der Waals surface area (Å²) >= 11 is 5.88. The standard InChI is InChI=1S/C17H19ClNO5PS/c1-13-4-10-16(11-5-13)26(21,22)19-12-17(25(20,23-2)24-3)14-6-8-15(18)9-7-14/h4-12,19H,1-3H3/b17-12-. The van der Waals surface area contributed by atoms with Crippen molar-refractivity contribution in [2.24, 2.45) is 0 Å². The van der Waals surface area contributed by atoms with Crippen molar-refractivity contribution in [3.8, 4) is 0 Å². The highest BCUT2D eigenvalue weighted by Crippen LogP contribution is 2.59. The Kier molecular flexibility index (Phi) is 6.66. The molecule has 9 heteroatoms. The second-order valence-electron chi connectivity index (χ2n) is 5.33. The van der Waals surface area contributed by atoms with Crippen LogP contribution in [-0.2, 0) is 23.6 Å². The zero-order valence-electron chi connectivity index (χ0n) is 14.5. The molecule has 0 aliphatic rings. The quantitative estimate of drug-likeness (QED) is 0.677. The summed E-state index contributed by atoms with van der Waals surface area (Å²) in [6.07, 6.45) is 1.12. The van der Waals surface area contributed by atoms with Gasteiger partial charge in [-0.05, 0) is 36.8 Å². The van der Waals surface area contributed by atoms with Crippen molar-refractivity contribution >= 4 is 34.5 Å². The van der Waals surface area contributed by atoms with Gasteiger partial charge in [0.25, 0.3) is 10.0 Å². The van der Waals surface area contributed by atoms with Gasteiger partial charge in [0.15, 0.2) is 0 Å². The summed E-state index contributed by atoms with van der Waals surface area (Å²) in [6, 6.07) is 12.7. The van der Waals surface area contributed by atoms with Crippen LogP contribution in [0, 0.1) is 6.92 Å². The molecule has 2 aromatic carbocycles. The minimum absolute atomic E-state index is 0.0647. The number of hydrogen-bond donors (Lipinski definition) is 1. The molecule has 2 rings (SSSR count). The maximum absolute atomic E-state index is 12.9. The Bertz CT molecular complexity index is 932. The summed E-state index contributed by atoms with van der Waals surface area (Å²) in [7, 11) is -5.12. The molecule has 0 aliphatic heterocycles. The van der Waals surface area contributed by atoms with Crippen LogP contribution in [0.5, 0.6) is 0 Å². The fourth-order valence-corrected chi connectivity index (χ4v) is 4.48. The monoisotopic (exact) mass is 415 g/mol. The van der Waals surface area contributed by atoms with Crippen LogP contribution < -0.4 is 4.72 Å². The van der Waals surface area contributed by atoms with Crippen LogP contribution >= 0.6 is 19.2 Å². The third-order valence-electron chi connectivity index (χ3n) is 3.60. The van der Waals surface area contributed by atoms with Gasteiger partial charge in [-0.2, -0.15) is 0 Å². The largest absolute Gasteiger partial charge is 0.362 e. The molecule has 26 heavy (non-hydrogen) atoms. The molecule has 0 radical (unpaired) electrons. The minimum Gasteiger partial charge on any atom is -0.309 e. The third-order valence-corrected chi connectivity index (χ3v) is 7.11. The Hall–Kier alpha value is -1.63. The Morgan fingerprint density at radius 2 is 1.58 bits per heavy atom. The van der Waals surface area contributed by atoms with Crippen LogP contribution in [0.15, 0.2) is 59.6 Å². The highest BCUT2D eigenvalue weighted by atomic mass is 35.5. The molecule has 0 atom stereocenters. The first-order valence-electron chi connectivity index (χ1n) is 7.49. The van der Waals surface area contributed by atoms with Crippen molar-refractivity contribution < 1.29 is 22.0 Å². The average Bonchev–Trinajstić information content (AvgIpc) is 2.63. The molecule has 140 valence electrons. The van der Waals surface area contributed by atoms with E-state index < -0.39 is 17.6 Å². The lowest BCUT2D eigenvalue weighted by atomic mass is 10.2. The maximum atomic E-state index is 12.9. The Morgan fingerprint density at radius 1 is 1.04 bits per heavy atom. The van der Waals surface area contributed by atoms with E-state index in [0.29, 0.717) is 10.6 Å². The molecule has 0 aromatic heterocycles. The second kappa shape index (κ2) is 8.37. The number of nitrogens with one attached hydrogen (secondary N) is 1. The van der Waals surface area contributed by atoms with Crippen molar-refractivity contribution in [1.29, 1.82) is 0 Å². The van der Waals surface area contributed by atoms with Gasteiger partial charge >= 0.3 is 7.60 Å². The Balaban J connectivity index is 2.46. The van der Waals surface area contributed by atoms with E-state index in [1.165, 1.54) is 26.4 Å². The van der Waals surface area contributed by atoms with Crippen LogP contribution in [0.3, 0.4) is 0 Å². The fourth-order valence-electron chi connectivity index (χ4n) is 2.13. The summed E-state index contributed by atoms with van der Waals surface area (Å²) in [5.41, 5.74) is 1.39. The summed E-state index contributed by atoms with van der Waals surface area (Å²) in [6.45, 7) is 1.86. The van der Waals surface area contributed by atoms with E-state index in [2.05, 4.69) is 4.72 Å². The number of hydrogen-bond acceptors (Lipinski definition) is 5. The van der Waals surface area contributed by atoms with Crippen molar-refractivity contribution in [1.82, 2.24) is 4.72 Å². The van der Waals surface area contributed by atoms with Gasteiger partial charge in [0.05, 0.1) is 10.2 Å². The van der Waals surface area contributed by atoms with Crippen molar-refractivity contribution in [3.63, 3.8) is 0 Å². The molecule has 0 spiro atoms. The van der Waals surface area contributed by atoms with E-state index in [0.717, 1.165) is 11.8 Å². The predicted molar refractivity (Wildman–Crippen MR) is 103 cm³/mol. The molecule has 0 unspecified atom stereocenters. The average molecular weight is 416 g/mol. The fraction of sp³-hybridized carbons (Fsp3) is 0.176. The van der Waals surface area contributed by atoms with Crippen LogP contribution in [0.1, 0.15) is 11.1 Å². The van der Waals surface area contributed by atoms with Crippen LogP contribution in [-0.4, -0.2) is 22.6 Å². The molecule has 1 N–H and O–H groups in total. The highest BCUT2D eigenvalue weighted by molar-refractivity contribution is 7.89. The Morgan fingerprint density at radius 3 is 2.08 bits per heavy atom. The first-order valence-corrected chi connectivity index (χ1v) is 10.9. The van der Waals surface area contributed by atoms with Gasteiger partial charge in [-0.1, -0.05) is 41.4 Å². The third kappa shape index (κ3) is 4.75. The number of benzene rings is 2. The van der Waals surface area contributed by atoms with Crippen LogP contribution in [0.25, 0.3) is 5.31 Å². The van der Waals surface area contributed by atoms with E-state index in [1.807, 2.05) is 6.92 Å². The minimum atomic E-state index is -3.85. The first kappa shape index (κ1) is 20.7. The molecule has 0 saturated heterocycles. The smallest absolute Gasteiger partial charge is 0.309 e. The van der Waals surface area contributed by atoms with Crippen molar-refractivity contribution in [3.05, 3.63) is 70.9 Å². The maximum Gasteiger partial charge on any atom is 0.362 e. The van der Waals surface area contributed by atoms with E-state index in [4.69, 9.17) is 20.6 Å². The molecule has 0 amide bonds. The molecule has 0 bridgehead atoms. The lowest BCUT2D eigenvalue weighted by Crippen LogP contribution is -2.18. The molecule has 0 aliphatic carbocycles. The summed E-state index contributed by atoms with van der Waals surface area (Å²) in [5.74, 6) is 0. The van der Waals surface area contributed by atoms with Gasteiger partial charge < -0.3 is 9.05 Å².